The van der Waals surface area contributed by atoms with E-state index < -0.39 is 0 Å². The Labute approximate surface area is 371 Å². The minimum atomic E-state index is 0.341. The van der Waals surface area contributed by atoms with E-state index in [0.29, 0.717) is 118 Å². The molecule has 7 aromatic rings. The Hall–Kier alpha value is -3.91. The summed E-state index contributed by atoms with van der Waals surface area (Å²) in [5, 5.41) is 3.64. The molecule has 0 atom stereocenters. The molecule has 13 heteroatoms. The number of nitrogens with one attached hydrogen (secondary N) is 2. The minimum Gasteiger partial charge on any atom is -0.355 e. The van der Waals surface area contributed by atoms with E-state index in [1.165, 1.54) is 0 Å². The molecule has 0 amide bonds. The molecule has 5 heterocycles. The van der Waals surface area contributed by atoms with Crippen molar-refractivity contribution < 1.29 is 0 Å². The highest BCUT2D eigenvalue weighted by Gasteiger charge is 2.30. The van der Waals surface area contributed by atoms with Gasteiger partial charge >= 0.3 is 0 Å². The minimum absolute atomic E-state index is 0.341. The fourth-order valence-corrected chi connectivity index (χ4v) is 9.40. The molecule has 0 radical (unpaired) electrons. The van der Waals surface area contributed by atoms with Crippen molar-refractivity contribution >= 4 is 149 Å². The van der Waals surface area contributed by atoms with Crippen molar-refractivity contribution in [3.8, 4) is 33.4 Å². The van der Waals surface area contributed by atoms with Crippen LogP contribution in [0.5, 0.6) is 0 Å². The largest absolute Gasteiger partial charge is 0.355 e. The van der Waals surface area contributed by atoms with Crippen molar-refractivity contribution in [2.45, 2.75) is 0 Å². The highest BCUT2D eigenvalue weighted by molar-refractivity contribution is 6.54. The standard InChI is InChI=1S/C44H21Cl9N4/c45-20-1-9-28(32(49)13-20)38-36-18-26-7-5-24(54-26)17-25-6-8-27(55-25)19-37-42(53)40(30-11-3-22(47)15-34(30)51)44(57-37)41(31-12-4-23(48)16-35(31)52)43(56-36)39(38)29-10-2-21(46)14-33(29)50/h1-19,55-56H. The summed E-state index contributed by atoms with van der Waals surface area (Å²) in [5.41, 5.74) is 10.0. The van der Waals surface area contributed by atoms with Crippen molar-refractivity contribution in [1.82, 2.24) is 19.9 Å². The van der Waals surface area contributed by atoms with E-state index in [1.807, 2.05) is 66.7 Å². The molecule has 0 fully saturated rings. The SMILES string of the molecule is ClC1=C(c2ccc(Cl)cc2Cl)c2nc1cc1ccc(cc3nc(cc4[nH]c(c2-c2ccc(Cl)cc2Cl)c(-c2ccc(Cl)cc2Cl)c4-c2ccc(Cl)cc2Cl)C=C3)[nH]1. The zero-order valence-electron chi connectivity index (χ0n) is 28.8. The Kier molecular flexibility index (Phi) is 10.4. The van der Waals surface area contributed by atoms with Gasteiger partial charge in [0.05, 0.1) is 43.4 Å². The lowest BCUT2D eigenvalue weighted by Crippen LogP contribution is -1.95. The van der Waals surface area contributed by atoms with Crippen LogP contribution in [0.1, 0.15) is 28.3 Å². The van der Waals surface area contributed by atoms with E-state index in [9.17, 15) is 0 Å². The number of aromatic amines is 2. The van der Waals surface area contributed by atoms with Crippen LogP contribution in [0.3, 0.4) is 0 Å². The van der Waals surface area contributed by atoms with Crippen molar-refractivity contribution in [3.63, 3.8) is 0 Å². The fraction of sp³-hybridized carbons (Fsp3) is 0. The average Bonchev–Trinajstić information content (AvgIpc) is 3.94. The Bertz CT molecular complexity index is 3090. The predicted molar refractivity (Wildman–Crippen MR) is 245 cm³/mol. The summed E-state index contributed by atoms with van der Waals surface area (Å²) in [6, 6.07) is 30.8. The predicted octanol–water partition coefficient (Wildman–Crippen LogP) is 16.9. The van der Waals surface area contributed by atoms with Crippen LogP contribution >= 0.6 is 104 Å². The summed E-state index contributed by atoms with van der Waals surface area (Å²) in [6.45, 7) is 0. The lowest BCUT2D eigenvalue weighted by Gasteiger charge is -2.15. The van der Waals surface area contributed by atoms with Crippen LogP contribution in [-0.4, -0.2) is 19.9 Å². The number of H-pyrrole nitrogens is 2. The maximum absolute atomic E-state index is 7.45. The van der Waals surface area contributed by atoms with E-state index in [-0.39, 0.29) is 0 Å². The monoisotopic (exact) mass is 920 g/mol. The second-order valence-electron chi connectivity index (χ2n) is 13.2. The third-order valence-corrected chi connectivity index (χ3v) is 12.1. The van der Waals surface area contributed by atoms with E-state index in [1.54, 1.807) is 48.5 Å². The van der Waals surface area contributed by atoms with Crippen molar-refractivity contribution in [1.29, 1.82) is 0 Å². The smallest absolute Gasteiger partial charge is 0.0851 e. The van der Waals surface area contributed by atoms with E-state index in [2.05, 4.69) is 9.97 Å². The molecule has 280 valence electrons. The molecule has 2 aliphatic rings. The molecule has 0 spiro atoms. The van der Waals surface area contributed by atoms with Crippen LogP contribution in [0.15, 0.2) is 103 Å². The molecule has 3 aromatic heterocycles. The molecular formula is C44H21Cl9N4. The zero-order valence-corrected chi connectivity index (χ0v) is 35.6. The summed E-state index contributed by atoms with van der Waals surface area (Å²) in [6.07, 6.45) is 3.88. The highest BCUT2D eigenvalue weighted by Crippen LogP contribution is 2.51. The first-order chi connectivity index (χ1) is 27.4. The first-order valence-electron chi connectivity index (χ1n) is 17.1. The van der Waals surface area contributed by atoms with Gasteiger partial charge in [0.2, 0.25) is 0 Å². The quantitative estimate of drug-likeness (QED) is 0.185. The van der Waals surface area contributed by atoms with Crippen LogP contribution in [0.2, 0.25) is 40.2 Å². The van der Waals surface area contributed by atoms with Crippen LogP contribution in [0.4, 0.5) is 0 Å². The van der Waals surface area contributed by atoms with Gasteiger partial charge in [-0.2, -0.15) is 0 Å². The molecule has 8 bridgehead atoms. The lowest BCUT2D eigenvalue weighted by molar-refractivity contribution is 1.30. The van der Waals surface area contributed by atoms with Crippen molar-refractivity contribution in [3.05, 3.63) is 172 Å². The van der Waals surface area contributed by atoms with Gasteiger partial charge < -0.3 is 9.97 Å². The van der Waals surface area contributed by atoms with Gasteiger partial charge in [-0.25, -0.2) is 9.97 Å². The number of benzene rings is 4. The van der Waals surface area contributed by atoms with Crippen molar-refractivity contribution in [2.24, 2.45) is 0 Å². The second kappa shape index (κ2) is 15.4. The van der Waals surface area contributed by atoms with Crippen molar-refractivity contribution in [2.75, 3.05) is 0 Å². The van der Waals surface area contributed by atoms with Gasteiger partial charge in [-0.3, -0.25) is 0 Å². The molecule has 2 N–H and O–H groups in total. The lowest BCUT2D eigenvalue weighted by atomic mass is 9.91. The Morgan fingerprint density at radius 2 is 0.877 bits per heavy atom. The van der Waals surface area contributed by atoms with Gasteiger partial charge in [-0.05, 0) is 91.0 Å². The third-order valence-electron chi connectivity index (χ3n) is 9.53. The molecule has 0 saturated heterocycles. The number of aromatic nitrogens is 4. The molecule has 0 saturated carbocycles. The van der Waals surface area contributed by atoms with Gasteiger partial charge in [0.25, 0.3) is 0 Å². The van der Waals surface area contributed by atoms with Gasteiger partial charge in [0.15, 0.2) is 0 Å². The number of hydrogen-bond acceptors (Lipinski definition) is 2. The third kappa shape index (κ3) is 7.27. The second-order valence-corrected chi connectivity index (χ2v) is 16.9. The molecule has 4 nitrogen and oxygen atoms in total. The zero-order chi connectivity index (χ0) is 39.7. The topological polar surface area (TPSA) is 57.4 Å². The van der Waals surface area contributed by atoms with Gasteiger partial charge in [-0.1, -0.05) is 129 Å². The molecule has 0 aliphatic carbocycles. The summed E-state index contributed by atoms with van der Waals surface area (Å²) >= 11 is 61.8. The van der Waals surface area contributed by atoms with Gasteiger partial charge in [-0.15, -0.1) is 0 Å². The summed E-state index contributed by atoms with van der Waals surface area (Å²) in [7, 11) is 0. The highest BCUT2D eigenvalue weighted by atomic mass is 35.5. The maximum Gasteiger partial charge on any atom is 0.0851 e. The van der Waals surface area contributed by atoms with Crippen LogP contribution in [0, 0.1) is 0 Å². The Morgan fingerprint density at radius 3 is 1.42 bits per heavy atom. The number of halogens is 9. The molecule has 4 aromatic carbocycles. The van der Waals surface area contributed by atoms with Gasteiger partial charge in [0.1, 0.15) is 0 Å². The summed E-state index contributed by atoms with van der Waals surface area (Å²) in [4.78, 5) is 17.4. The summed E-state index contributed by atoms with van der Waals surface area (Å²) < 4.78 is 0. The van der Waals surface area contributed by atoms with E-state index >= 15 is 0 Å². The van der Waals surface area contributed by atoms with E-state index in [4.69, 9.17) is 114 Å². The number of fused-ring (bicyclic) bond motifs is 8. The van der Waals surface area contributed by atoms with Crippen LogP contribution in [-0.2, 0) is 0 Å². The molecule has 57 heavy (non-hydrogen) atoms. The molecular weight excluding hydrogens is 904 g/mol. The fourth-order valence-electron chi connectivity index (χ4n) is 7.10. The van der Waals surface area contributed by atoms with Crippen LogP contribution < -0.4 is 0 Å². The number of hydrogen-bond donors (Lipinski definition) is 2. The Morgan fingerprint density at radius 1 is 0.404 bits per heavy atom. The number of nitrogens with zero attached hydrogens (tertiary/aromatic N) is 2. The van der Waals surface area contributed by atoms with Crippen LogP contribution in [0.25, 0.3) is 78.2 Å². The normalized spacial score (nSPS) is 12.5. The first-order valence-corrected chi connectivity index (χ1v) is 20.5. The average molecular weight is 925 g/mol. The van der Waals surface area contributed by atoms with E-state index in [0.717, 1.165) is 16.7 Å². The Balaban J connectivity index is 1.60. The summed E-state index contributed by atoms with van der Waals surface area (Å²) in [5.74, 6) is 0. The maximum atomic E-state index is 7.45. The van der Waals surface area contributed by atoms with Gasteiger partial charge in [0, 0.05) is 91.2 Å². The first kappa shape index (κ1) is 38.6. The number of rotatable bonds is 4. The molecule has 9 rings (SSSR count). The molecule has 2 aliphatic heterocycles. The molecule has 0 unspecified atom stereocenters.